The third-order valence-electron chi connectivity index (χ3n) is 3.91. The van der Waals surface area contributed by atoms with Crippen molar-refractivity contribution in [3.05, 3.63) is 59.6 Å². The fraction of sp³-hybridized carbons (Fsp3) is 0.333. The monoisotopic (exact) mass is 353 g/mol. The molecule has 0 atom stereocenters. The van der Waals surface area contributed by atoms with Crippen LogP contribution in [0.2, 0.25) is 0 Å². The van der Waals surface area contributed by atoms with Gasteiger partial charge in [0.05, 0.1) is 12.2 Å². The van der Waals surface area contributed by atoms with Crippen LogP contribution in [0.15, 0.2) is 47.1 Å². The summed E-state index contributed by atoms with van der Waals surface area (Å²) in [6.07, 6.45) is 5.12. The first-order valence-corrected chi connectivity index (χ1v) is 8.79. The van der Waals surface area contributed by atoms with Crippen molar-refractivity contribution in [3.8, 4) is 0 Å². The van der Waals surface area contributed by atoms with Crippen molar-refractivity contribution in [2.45, 2.75) is 33.4 Å². The number of carbonyl (C=O) groups is 1. The lowest BCUT2D eigenvalue weighted by Gasteiger charge is -2.08. The number of anilines is 1. The maximum atomic E-state index is 9.17. The Morgan fingerprint density at radius 2 is 2.00 bits per heavy atom. The Hall–Kier alpha value is -2.66. The van der Waals surface area contributed by atoms with E-state index in [1.807, 2.05) is 37.4 Å². The van der Waals surface area contributed by atoms with Crippen molar-refractivity contribution < 1.29 is 9.21 Å². The minimum Gasteiger partial charge on any atom is -0.459 e. The maximum absolute atomic E-state index is 9.17. The molecule has 5 nitrogen and oxygen atoms in total. The van der Waals surface area contributed by atoms with Crippen molar-refractivity contribution in [1.29, 1.82) is 0 Å². The summed E-state index contributed by atoms with van der Waals surface area (Å²) in [6, 6.07) is 10.2. The fourth-order valence-corrected chi connectivity index (χ4v) is 2.69. The average Bonchev–Trinajstić information content (AvgIpc) is 2.96. The van der Waals surface area contributed by atoms with Gasteiger partial charge in [-0.15, -0.1) is 0 Å². The van der Waals surface area contributed by atoms with Crippen LogP contribution in [-0.4, -0.2) is 30.3 Å². The molecular weight excluding hydrogens is 326 g/mol. The standard InChI is InChI=1S/C18H21N3O.C3H6O/c1-13-17(12-21(2)3)22-16-8-4-6-14(18(13)16)10-20-15-7-5-9-19-11-15;1-2-3-4/h4-9,11,20H,10,12H2,1-3H3;3H,2H2,1H3. The molecule has 0 aliphatic heterocycles. The number of aryl methyl sites for hydroxylation is 1. The van der Waals surface area contributed by atoms with Crippen LogP contribution in [0.3, 0.4) is 0 Å². The minimum atomic E-state index is 0.639. The number of furan rings is 1. The van der Waals surface area contributed by atoms with Gasteiger partial charge in [0.2, 0.25) is 0 Å². The van der Waals surface area contributed by atoms with E-state index in [9.17, 15) is 4.79 Å². The van der Waals surface area contributed by atoms with Gasteiger partial charge in [-0.2, -0.15) is 0 Å². The number of nitrogens with zero attached hydrogens (tertiary/aromatic N) is 2. The Kier molecular flexibility index (Phi) is 7.36. The molecule has 0 aliphatic rings. The first kappa shape index (κ1) is 19.7. The summed E-state index contributed by atoms with van der Waals surface area (Å²) in [4.78, 5) is 15.4. The Labute approximate surface area is 155 Å². The average molecular weight is 353 g/mol. The van der Waals surface area contributed by atoms with E-state index < -0.39 is 0 Å². The molecule has 1 N–H and O–H groups in total. The molecule has 26 heavy (non-hydrogen) atoms. The zero-order valence-electron chi connectivity index (χ0n) is 16.0. The van der Waals surface area contributed by atoms with Gasteiger partial charge >= 0.3 is 0 Å². The van der Waals surface area contributed by atoms with Gasteiger partial charge in [0.1, 0.15) is 17.6 Å². The molecule has 0 fully saturated rings. The van der Waals surface area contributed by atoms with Crippen LogP contribution in [0.5, 0.6) is 0 Å². The van der Waals surface area contributed by atoms with Crippen molar-refractivity contribution in [2.24, 2.45) is 0 Å². The van der Waals surface area contributed by atoms with Gasteiger partial charge in [0.25, 0.3) is 0 Å². The topological polar surface area (TPSA) is 58.4 Å². The predicted octanol–water partition coefficient (Wildman–Crippen LogP) is 4.41. The molecule has 0 spiro atoms. The van der Waals surface area contributed by atoms with Crippen LogP contribution >= 0.6 is 0 Å². The number of benzene rings is 1. The summed E-state index contributed by atoms with van der Waals surface area (Å²) in [5.41, 5.74) is 4.45. The number of aldehydes is 1. The molecule has 1 aromatic carbocycles. The summed E-state index contributed by atoms with van der Waals surface area (Å²) in [5.74, 6) is 1.04. The minimum absolute atomic E-state index is 0.639. The van der Waals surface area contributed by atoms with Gasteiger partial charge < -0.3 is 19.4 Å². The second-order valence-electron chi connectivity index (χ2n) is 6.35. The molecule has 3 rings (SSSR count). The number of pyridine rings is 1. The molecule has 0 bridgehead atoms. The Bertz CT molecular complexity index is 826. The number of hydrogen-bond acceptors (Lipinski definition) is 5. The number of carbonyl (C=O) groups excluding carboxylic acids is 1. The fourth-order valence-electron chi connectivity index (χ4n) is 2.69. The molecule has 0 unspecified atom stereocenters. The van der Waals surface area contributed by atoms with Crippen LogP contribution in [0, 0.1) is 6.92 Å². The van der Waals surface area contributed by atoms with Crippen LogP contribution in [0.1, 0.15) is 30.2 Å². The number of hydrogen-bond donors (Lipinski definition) is 1. The number of aromatic nitrogens is 1. The van der Waals surface area contributed by atoms with Gasteiger partial charge in [-0.05, 0) is 44.8 Å². The Balaban J connectivity index is 0.000000552. The summed E-state index contributed by atoms with van der Waals surface area (Å²) >= 11 is 0. The SMILES string of the molecule is CCC=O.Cc1c(CN(C)C)oc2cccc(CNc3cccnc3)c12. The first-order chi connectivity index (χ1) is 12.6. The molecule has 0 radical (unpaired) electrons. The lowest BCUT2D eigenvalue weighted by atomic mass is 10.1. The molecular formula is C21H27N3O2. The summed E-state index contributed by atoms with van der Waals surface area (Å²) in [5, 5.41) is 4.63. The van der Waals surface area contributed by atoms with Gasteiger partial charge in [-0.3, -0.25) is 4.98 Å². The maximum Gasteiger partial charge on any atom is 0.134 e. The third kappa shape index (κ3) is 5.17. The second-order valence-corrected chi connectivity index (χ2v) is 6.35. The lowest BCUT2D eigenvalue weighted by Crippen LogP contribution is -2.10. The van der Waals surface area contributed by atoms with Gasteiger partial charge in [0, 0.05) is 36.3 Å². The highest BCUT2D eigenvalue weighted by Gasteiger charge is 2.14. The number of fused-ring (bicyclic) bond motifs is 1. The lowest BCUT2D eigenvalue weighted by molar-refractivity contribution is -0.107. The molecule has 138 valence electrons. The van der Waals surface area contributed by atoms with Crippen molar-refractivity contribution in [1.82, 2.24) is 9.88 Å². The molecule has 0 amide bonds. The van der Waals surface area contributed by atoms with E-state index in [1.54, 1.807) is 6.20 Å². The van der Waals surface area contributed by atoms with Crippen molar-refractivity contribution in [3.63, 3.8) is 0 Å². The van der Waals surface area contributed by atoms with E-state index in [1.165, 1.54) is 16.5 Å². The van der Waals surface area contributed by atoms with E-state index in [-0.39, 0.29) is 0 Å². The van der Waals surface area contributed by atoms with Gasteiger partial charge in [0.15, 0.2) is 0 Å². The first-order valence-electron chi connectivity index (χ1n) is 8.79. The predicted molar refractivity (Wildman–Crippen MR) is 106 cm³/mol. The van der Waals surface area contributed by atoms with E-state index in [2.05, 4.69) is 42.3 Å². The highest BCUT2D eigenvalue weighted by Crippen LogP contribution is 2.29. The molecule has 0 aliphatic carbocycles. The van der Waals surface area contributed by atoms with Crippen LogP contribution in [0.25, 0.3) is 11.0 Å². The number of nitrogens with one attached hydrogen (secondary N) is 1. The van der Waals surface area contributed by atoms with E-state index in [0.717, 1.165) is 36.4 Å². The van der Waals surface area contributed by atoms with Gasteiger partial charge in [-0.1, -0.05) is 19.1 Å². The zero-order valence-corrected chi connectivity index (χ0v) is 16.0. The number of rotatable bonds is 6. The summed E-state index contributed by atoms with van der Waals surface area (Å²) in [7, 11) is 4.11. The largest absolute Gasteiger partial charge is 0.459 e. The van der Waals surface area contributed by atoms with Gasteiger partial charge in [-0.25, -0.2) is 0 Å². The van der Waals surface area contributed by atoms with Crippen LogP contribution in [0.4, 0.5) is 5.69 Å². The molecule has 2 aromatic heterocycles. The van der Waals surface area contributed by atoms with Crippen molar-refractivity contribution in [2.75, 3.05) is 19.4 Å². The van der Waals surface area contributed by atoms with E-state index in [0.29, 0.717) is 6.42 Å². The summed E-state index contributed by atoms with van der Waals surface area (Å²) < 4.78 is 6.02. The summed E-state index contributed by atoms with van der Waals surface area (Å²) in [6.45, 7) is 5.52. The molecule has 5 heteroatoms. The zero-order chi connectivity index (χ0) is 18.9. The normalized spacial score (nSPS) is 10.5. The van der Waals surface area contributed by atoms with Crippen molar-refractivity contribution >= 4 is 22.9 Å². The highest BCUT2D eigenvalue weighted by molar-refractivity contribution is 5.85. The van der Waals surface area contributed by atoms with Crippen LogP contribution in [-0.2, 0) is 17.9 Å². The molecule has 3 aromatic rings. The third-order valence-corrected chi connectivity index (χ3v) is 3.91. The molecule has 0 saturated heterocycles. The quantitative estimate of drug-likeness (QED) is 0.665. The molecule has 2 heterocycles. The van der Waals surface area contributed by atoms with E-state index in [4.69, 9.17) is 4.42 Å². The molecule has 0 saturated carbocycles. The second kappa shape index (κ2) is 9.73. The Morgan fingerprint density at radius 3 is 2.62 bits per heavy atom. The smallest absolute Gasteiger partial charge is 0.134 e. The Morgan fingerprint density at radius 1 is 1.23 bits per heavy atom. The van der Waals surface area contributed by atoms with Crippen LogP contribution < -0.4 is 5.32 Å². The highest BCUT2D eigenvalue weighted by atomic mass is 16.3. The van der Waals surface area contributed by atoms with E-state index >= 15 is 0 Å².